The normalized spacial score (nSPS) is 10.1. The fourth-order valence-corrected chi connectivity index (χ4v) is 1.88. The van der Waals surface area contributed by atoms with Gasteiger partial charge in [0.1, 0.15) is 6.61 Å². The minimum atomic E-state index is -0.996. The Morgan fingerprint density at radius 2 is 2.00 bits per heavy atom. The van der Waals surface area contributed by atoms with Crippen LogP contribution in [0, 0.1) is 17.0 Å². The summed E-state index contributed by atoms with van der Waals surface area (Å²) in [5.74, 6) is -0.812. The molecule has 0 aromatic heterocycles. The summed E-state index contributed by atoms with van der Waals surface area (Å²) < 4.78 is 5.48. The zero-order valence-corrected chi connectivity index (χ0v) is 11.3. The molecule has 1 N–H and O–H groups in total. The van der Waals surface area contributed by atoms with Gasteiger partial charge in [0, 0.05) is 6.07 Å². The number of carboxylic acids is 1. The summed E-state index contributed by atoms with van der Waals surface area (Å²) in [5.41, 5.74) is 1.63. The van der Waals surface area contributed by atoms with Crippen LogP contribution in [-0.4, -0.2) is 16.0 Å². The zero-order valence-electron chi connectivity index (χ0n) is 11.3. The van der Waals surface area contributed by atoms with Gasteiger partial charge in [-0.15, -0.1) is 0 Å². The Morgan fingerprint density at radius 1 is 1.29 bits per heavy atom. The van der Waals surface area contributed by atoms with E-state index in [1.165, 1.54) is 18.2 Å². The maximum atomic E-state index is 10.9. The number of para-hydroxylation sites is 2. The number of aromatic carboxylic acids is 1. The molecule has 0 saturated heterocycles. The lowest BCUT2D eigenvalue weighted by Gasteiger charge is -2.09. The van der Waals surface area contributed by atoms with Crippen LogP contribution in [0.5, 0.6) is 5.75 Å². The molecule has 0 radical (unpaired) electrons. The first kappa shape index (κ1) is 14.5. The second-order valence-electron chi connectivity index (χ2n) is 4.46. The highest BCUT2D eigenvalue weighted by Gasteiger charge is 2.14. The molecule has 2 aromatic carbocycles. The number of nitrogens with zero attached hydrogens (tertiary/aromatic N) is 1. The molecule has 0 aliphatic rings. The molecular formula is C15H13NO5. The number of rotatable bonds is 5. The zero-order chi connectivity index (χ0) is 15.4. The number of hydrogen-bond acceptors (Lipinski definition) is 4. The number of ether oxygens (including phenoxy) is 1. The average Bonchev–Trinajstić information content (AvgIpc) is 2.46. The van der Waals surface area contributed by atoms with Crippen LogP contribution in [0.2, 0.25) is 0 Å². The SMILES string of the molecule is Cc1cc(C(=O)O)ccc1COc1ccccc1[N+](=O)[O-]. The van der Waals surface area contributed by atoms with Crippen LogP contribution in [0.4, 0.5) is 5.69 Å². The van der Waals surface area contributed by atoms with E-state index in [4.69, 9.17) is 9.84 Å². The lowest BCUT2D eigenvalue weighted by Crippen LogP contribution is -2.03. The molecule has 0 bridgehead atoms. The molecule has 2 aromatic rings. The maximum absolute atomic E-state index is 10.9. The third-order valence-corrected chi connectivity index (χ3v) is 3.03. The highest BCUT2D eigenvalue weighted by Crippen LogP contribution is 2.27. The summed E-state index contributed by atoms with van der Waals surface area (Å²) in [7, 11) is 0. The number of benzene rings is 2. The van der Waals surface area contributed by atoms with Crippen molar-refractivity contribution in [3.63, 3.8) is 0 Å². The second kappa shape index (κ2) is 6.04. The first-order chi connectivity index (χ1) is 9.99. The minimum Gasteiger partial charge on any atom is -0.482 e. The van der Waals surface area contributed by atoms with Crippen LogP contribution >= 0.6 is 0 Å². The molecule has 0 atom stereocenters. The summed E-state index contributed by atoms with van der Waals surface area (Å²) in [6.45, 7) is 1.90. The van der Waals surface area contributed by atoms with E-state index in [0.29, 0.717) is 0 Å². The molecule has 21 heavy (non-hydrogen) atoms. The van der Waals surface area contributed by atoms with Crippen molar-refractivity contribution in [3.8, 4) is 5.75 Å². The summed E-state index contributed by atoms with van der Waals surface area (Å²) in [4.78, 5) is 21.2. The van der Waals surface area contributed by atoms with Gasteiger partial charge in [-0.25, -0.2) is 4.79 Å². The number of aryl methyl sites for hydroxylation is 1. The Labute approximate surface area is 120 Å². The van der Waals surface area contributed by atoms with Gasteiger partial charge < -0.3 is 9.84 Å². The van der Waals surface area contributed by atoms with Crippen molar-refractivity contribution in [3.05, 3.63) is 69.3 Å². The number of nitro benzene ring substituents is 1. The van der Waals surface area contributed by atoms with Crippen LogP contribution in [0.15, 0.2) is 42.5 Å². The molecule has 0 unspecified atom stereocenters. The van der Waals surface area contributed by atoms with Gasteiger partial charge in [0.2, 0.25) is 0 Å². The van der Waals surface area contributed by atoms with E-state index in [-0.39, 0.29) is 23.6 Å². The van der Waals surface area contributed by atoms with Crippen LogP contribution in [0.25, 0.3) is 0 Å². The smallest absolute Gasteiger partial charge is 0.335 e. The molecule has 0 fully saturated rings. The Hall–Kier alpha value is -2.89. The van der Waals surface area contributed by atoms with E-state index in [1.807, 2.05) is 0 Å². The minimum absolute atomic E-state index is 0.0997. The monoisotopic (exact) mass is 287 g/mol. The van der Waals surface area contributed by atoms with Gasteiger partial charge in [0.05, 0.1) is 10.5 Å². The second-order valence-corrected chi connectivity index (χ2v) is 4.46. The fourth-order valence-electron chi connectivity index (χ4n) is 1.88. The van der Waals surface area contributed by atoms with Crippen molar-refractivity contribution in [1.29, 1.82) is 0 Å². The molecule has 2 rings (SSSR count). The summed E-state index contributed by atoms with van der Waals surface area (Å²) >= 11 is 0. The van der Waals surface area contributed by atoms with E-state index >= 15 is 0 Å². The summed E-state index contributed by atoms with van der Waals surface area (Å²) in [6.07, 6.45) is 0. The lowest BCUT2D eigenvalue weighted by molar-refractivity contribution is -0.385. The molecule has 0 aliphatic heterocycles. The summed E-state index contributed by atoms with van der Waals surface area (Å²) in [6, 6.07) is 10.8. The Bertz CT molecular complexity index is 696. The third kappa shape index (κ3) is 3.36. The molecule has 0 saturated carbocycles. The Morgan fingerprint density at radius 3 is 2.62 bits per heavy atom. The van der Waals surface area contributed by atoms with Gasteiger partial charge in [-0.05, 0) is 36.2 Å². The number of carbonyl (C=O) groups is 1. The van der Waals surface area contributed by atoms with Gasteiger partial charge in [-0.2, -0.15) is 0 Å². The molecular weight excluding hydrogens is 274 g/mol. The van der Waals surface area contributed by atoms with Crippen LogP contribution in [0.3, 0.4) is 0 Å². The Balaban J connectivity index is 2.17. The van der Waals surface area contributed by atoms with Gasteiger partial charge in [0.15, 0.2) is 5.75 Å². The Kier molecular flexibility index (Phi) is 4.18. The maximum Gasteiger partial charge on any atom is 0.335 e. The highest BCUT2D eigenvalue weighted by molar-refractivity contribution is 5.87. The predicted molar refractivity (Wildman–Crippen MR) is 75.6 cm³/mol. The largest absolute Gasteiger partial charge is 0.482 e. The molecule has 0 aliphatic carbocycles. The van der Waals surface area contributed by atoms with Gasteiger partial charge in [-0.1, -0.05) is 18.2 Å². The van der Waals surface area contributed by atoms with Crippen molar-refractivity contribution in [1.82, 2.24) is 0 Å². The molecule has 0 amide bonds. The van der Waals surface area contributed by atoms with E-state index in [9.17, 15) is 14.9 Å². The van der Waals surface area contributed by atoms with Crippen LogP contribution in [0.1, 0.15) is 21.5 Å². The van der Waals surface area contributed by atoms with Gasteiger partial charge in [0.25, 0.3) is 0 Å². The molecule has 6 nitrogen and oxygen atoms in total. The fraction of sp³-hybridized carbons (Fsp3) is 0.133. The number of nitro groups is 1. The first-order valence-electron chi connectivity index (χ1n) is 6.18. The molecule has 0 heterocycles. The van der Waals surface area contributed by atoms with Crippen LogP contribution in [-0.2, 0) is 6.61 Å². The van der Waals surface area contributed by atoms with Crippen LogP contribution < -0.4 is 4.74 Å². The molecule has 108 valence electrons. The van der Waals surface area contributed by atoms with Crippen molar-refractivity contribution >= 4 is 11.7 Å². The summed E-state index contributed by atoms with van der Waals surface area (Å²) in [5, 5.41) is 19.8. The van der Waals surface area contributed by atoms with E-state index in [1.54, 1.807) is 31.2 Å². The number of hydrogen-bond donors (Lipinski definition) is 1. The van der Waals surface area contributed by atoms with E-state index in [2.05, 4.69) is 0 Å². The lowest BCUT2D eigenvalue weighted by atomic mass is 10.1. The average molecular weight is 287 g/mol. The first-order valence-corrected chi connectivity index (χ1v) is 6.18. The van der Waals surface area contributed by atoms with Crippen molar-refractivity contribution in [2.24, 2.45) is 0 Å². The van der Waals surface area contributed by atoms with Crippen molar-refractivity contribution < 1.29 is 19.6 Å². The standard InChI is InChI=1S/C15H13NO5/c1-10-8-11(15(17)18)6-7-12(10)9-21-14-5-3-2-4-13(14)16(19)20/h2-8H,9H2,1H3,(H,17,18). The molecule has 0 spiro atoms. The molecule has 6 heteroatoms. The predicted octanol–water partition coefficient (Wildman–Crippen LogP) is 3.18. The van der Waals surface area contributed by atoms with Gasteiger partial charge >= 0.3 is 11.7 Å². The van der Waals surface area contributed by atoms with Crippen molar-refractivity contribution in [2.75, 3.05) is 0 Å². The topological polar surface area (TPSA) is 89.7 Å². The van der Waals surface area contributed by atoms with E-state index < -0.39 is 10.9 Å². The third-order valence-electron chi connectivity index (χ3n) is 3.03. The van der Waals surface area contributed by atoms with Crippen molar-refractivity contribution in [2.45, 2.75) is 13.5 Å². The quantitative estimate of drug-likeness (QED) is 0.673. The van der Waals surface area contributed by atoms with E-state index in [0.717, 1.165) is 11.1 Å². The highest BCUT2D eigenvalue weighted by atomic mass is 16.6. The van der Waals surface area contributed by atoms with Gasteiger partial charge in [-0.3, -0.25) is 10.1 Å². The number of carboxylic acid groups (broad SMARTS) is 1.